The van der Waals surface area contributed by atoms with Crippen molar-refractivity contribution in [1.82, 2.24) is 34.1 Å². The Morgan fingerprint density at radius 2 is 1.94 bits per heavy atom. The molecule has 0 aliphatic carbocycles. The van der Waals surface area contributed by atoms with Gasteiger partial charge in [0, 0.05) is 50.7 Å². The highest BCUT2D eigenvalue weighted by Crippen LogP contribution is 2.39. The molecule has 1 aromatic carbocycles. The normalized spacial score (nSPS) is 20.5. The average molecular weight is 436 g/mol. The number of ether oxygens (including phenoxy) is 1. The summed E-state index contributed by atoms with van der Waals surface area (Å²) in [7, 11) is 2.20. The summed E-state index contributed by atoms with van der Waals surface area (Å²) >= 11 is 0. The topological polar surface area (TPSA) is 64.2 Å². The van der Waals surface area contributed by atoms with Crippen LogP contribution in [0.25, 0.3) is 11.4 Å². The predicted octanol–water partition coefficient (Wildman–Crippen LogP) is 3.55. The number of imidazole rings is 1. The average Bonchev–Trinajstić information content (AvgIpc) is 3.43. The summed E-state index contributed by atoms with van der Waals surface area (Å²) in [6.45, 7) is 11.6. The minimum atomic E-state index is -0.223. The van der Waals surface area contributed by atoms with Crippen molar-refractivity contribution in [1.29, 1.82) is 0 Å². The Morgan fingerprint density at radius 3 is 2.69 bits per heavy atom. The van der Waals surface area contributed by atoms with Crippen LogP contribution in [0.15, 0.2) is 36.9 Å². The van der Waals surface area contributed by atoms with Crippen LogP contribution in [0, 0.1) is 0 Å². The molecule has 32 heavy (non-hydrogen) atoms. The van der Waals surface area contributed by atoms with Crippen molar-refractivity contribution in [2.24, 2.45) is 0 Å². The van der Waals surface area contributed by atoms with Crippen molar-refractivity contribution in [3.05, 3.63) is 48.3 Å². The van der Waals surface area contributed by atoms with Gasteiger partial charge >= 0.3 is 0 Å². The molecule has 0 spiro atoms. The van der Waals surface area contributed by atoms with Gasteiger partial charge in [0.05, 0.1) is 12.1 Å². The molecule has 0 radical (unpaired) electrons. The van der Waals surface area contributed by atoms with E-state index >= 15 is 0 Å². The predicted molar refractivity (Wildman–Crippen MR) is 124 cm³/mol. The lowest BCUT2D eigenvalue weighted by atomic mass is 9.98. The highest BCUT2D eigenvalue weighted by Gasteiger charge is 2.30. The molecule has 2 aliphatic rings. The zero-order valence-electron chi connectivity index (χ0n) is 19.5. The molecular weight excluding hydrogens is 402 g/mol. The van der Waals surface area contributed by atoms with E-state index in [-0.39, 0.29) is 12.1 Å². The third-order valence-corrected chi connectivity index (χ3v) is 6.72. The lowest BCUT2D eigenvalue weighted by Gasteiger charge is -2.38. The van der Waals surface area contributed by atoms with E-state index in [0.717, 1.165) is 55.6 Å². The van der Waals surface area contributed by atoms with E-state index in [4.69, 9.17) is 9.72 Å². The van der Waals surface area contributed by atoms with Gasteiger partial charge < -0.3 is 14.2 Å². The monoisotopic (exact) mass is 435 g/mol. The number of piperazine rings is 1. The fourth-order valence-electron chi connectivity index (χ4n) is 4.96. The second-order valence-electron chi connectivity index (χ2n) is 9.19. The van der Waals surface area contributed by atoms with Crippen molar-refractivity contribution in [2.75, 3.05) is 33.2 Å². The zero-order chi connectivity index (χ0) is 22.2. The van der Waals surface area contributed by atoms with Crippen LogP contribution in [-0.4, -0.2) is 67.3 Å². The highest BCUT2D eigenvalue weighted by molar-refractivity contribution is 5.66. The van der Waals surface area contributed by atoms with Crippen LogP contribution in [0.4, 0.5) is 0 Å². The first-order valence-electron chi connectivity index (χ1n) is 11.7. The van der Waals surface area contributed by atoms with Gasteiger partial charge in [-0.15, -0.1) is 0 Å². The number of hydrogen-bond acceptors (Lipinski definition) is 6. The van der Waals surface area contributed by atoms with E-state index in [1.807, 2.05) is 17.1 Å². The van der Waals surface area contributed by atoms with Crippen LogP contribution in [0.1, 0.15) is 56.8 Å². The van der Waals surface area contributed by atoms with Crippen molar-refractivity contribution in [2.45, 2.75) is 51.9 Å². The Bertz CT molecular complexity index is 1060. The highest BCUT2D eigenvalue weighted by atomic mass is 16.5. The first-order chi connectivity index (χ1) is 15.5. The minimum Gasteiger partial charge on any atom is -0.480 e. The molecule has 8 heteroatoms. The molecule has 3 aromatic rings. The summed E-state index contributed by atoms with van der Waals surface area (Å²) in [6.07, 6.45) is 6.38. The second kappa shape index (κ2) is 8.67. The van der Waals surface area contributed by atoms with Crippen LogP contribution in [0.5, 0.6) is 5.75 Å². The Kier molecular flexibility index (Phi) is 5.73. The summed E-state index contributed by atoms with van der Waals surface area (Å²) in [5.41, 5.74) is 2.39. The molecule has 2 unspecified atom stereocenters. The number of benzene rings is 1. The minimum absolute atomic E-state index is 0.220. The maximum atomic E-state index is 6.56. The van der Waals surface area contributed by atoms with Gasteiger partial charge in [0.2, 0.25) is 0 Å². The van der Waals surface area contributed by atoms with Crippen LogP contribution in [-0.2, 0) is 6.54 Å². The summed E-state index contributed by atoms with van der Waals surface area (Å²) in [5.74, 6) is 2.66. The third-order valence-electron chi connectivity index (χ3n) is 6.72. The fourth-order valence-corrected chi connectivity index (χ4v) is 4.96. The largest absolute Gasteiger partial charge is 0.480 e. The molecule has 2 aliphatic heterocycles. The summed E-state index contributed by atoms with van der Waals surface area (Å²) < 4.78 is 10.7. The van der Waals surface area contributed by atoms with Gasteiger partial charge in [0.25, 0.3) is 0 Å². The number of rotatable bonds is 5. The molecule has 0 saturated carbocycles. The molecule has 0 N–H and O–H groups in total. The van der Waals surface area contributed by atoms with Crippen LogP contribution in [0.2, 0.25) is 0 Å². The van der Waals surface area contributed by atoms with Gasteiger partial charge in [-0.3, -0.25) is 4.90 Å². The van der Waals surface area contributed by atoms with Crippen molar-refractivity contribution < 1.29 is 4.74 Å². The van der Waals surface area contributed by atoms with Gasteiger partial charge in [-0.1, -0.05) is 13.0 Å². The molecule has 2 aromatic heterocycles. The maximum Gasteiger partial charge on any atom is 0.175 e. The Hall–Kier alpha value is -2.71. The Morgan fingerprint density at radius 1 is 1.12 bits per heavy atom. The van der Waals surface area contributed by atoms with E-state index < -0.39 is 0 Å². The number of aromatic nitrogens is 5. The van der Waals surface area contributed by atoms with Crippen molar-refractivity contribution in [3.63, 3.8) is 0 Å². The standard InChI is InChI=1S/C24H33N7O/c1-5-20(29-12-10-28(4)11-13-29)18-6-7-21-19(14-18)23-25-8-9-30(23)15-22(32-21)24-26-16-27-31(24)17(2)3/h6-9,14,16-17,20,22H,5,10-13,15H2,1-4H3. The van der Waals surface area contributed by atoms with Gasteiger partial charge in [0.1, 0.15) is 17.9 Å². The van der Waals surface area contributed by atoms with E-state index in [2.05, 4.69) is 70.5 Å². The molecule has 0 amide bonds. The summed E-state index contributed by atoms with van der Waals surface area (Å²) in [5, 5.41) is 4.42. The molecule has 2 atom stereocenters. The van der Waals surface area contributed by atoms with E-state index in [1.165, 1.54) is 5.56 Å². The smallest absolute Gasteiger partial charge is 0.175 e. The van der Waals surface area contributed by atoms with Crippen LogP contribution >= 0.6 is 0 Å². The van der Waals surface area contributed by atoms with Gasteiger partial charge in [0.15, 0.2) is 11.9 Å². The lowest BCUT2D eigenvalue weighted by Crippen LogP contribution is -2.45. The van der Waals surface area contributed by atoms with Gasteiger partial charge in [-0.05, 0) is 45.0 Å². The van der Waals surface area contributed by atoms with E-state index in [9.17, 15) is 0 Å². The summed E-state index contributed by atoms with van der Waals surface area (Å²) in [6, 6.07) is 7.26. The first-order valence-corrected chi connectivity index (χ1v) is 11.7. The van der Waals surface area contributed by atoms with Crippen LogP contribution < -0.4 is 4.74 Å². The van der Waals surface area contributed by atoms with Crippen molar-refractivity contribution in [3.8, 4) is 17.1 Å². The number of fused-ring (bicyclic) bond motifs is 3. The molecule has 0 bridgehead atoms. The molecule has 4 heterocycles. The quantitative estimate of drug-likeness (QED) is 0.611. The second-order valence-corrected chi connectivity index (χ2v) is 9.19. The fraction of sp³-hybridized carbons (Fsp3) is 0.542. The van der Waals surface area contributed by atoms with Crippen molar-refractivity contribution >= 4 is 0 Å². The number of hydrogen-bond donors (Lipinski definition) is 0. The Labute approximate surface area is 189 Å². The SMILES string of the molecule is CCC(c1ccc2c(c1)-c1nccn1CC(c1ncnn1C(C)C)O2)N1CCN(C)CC1. The molecular formula is C24H33N7O. The molecule has 1 saturated heterocycles. The molecule has 8 nitrogen and oxygen atoms in total. The van der Waals surface area contributed by atoms with Gasteiger partial charge in [-0.25, -0.2) is 14.6 Å². The van der Waals surface area contributed by atoms with Gasteiger partial charge in [-0.2, -0.15) is 5.10 Å². The Balaban J connectivity index is 1.51. The summed E-state index contributed by atoms with van der Waals surface area (Å²) in [4.78, 5) is 14.3. The maximum absolute atomic E-state index is 6.56. The molecule has 170 valence electrons. The molecule has 1 fully saturated rings. The van der Waals surface area contributed by atoms with Crippen LogP contribution in [0.3, 0.4) is 0 Å². The zero-order valence-corrected chi connectivity index (χ0v) is 19.5. The van der Waals surface area contributed by atoms with E-state index in [0.29, 0.717) is 12.6 Å². The first kappa shape index (κ1) is 21.2. The van der Waals surface area contributed by atoms with E-state index in [1.54, 1.807) is 6.33 Å². The lowest BCUT2D eigenvalue weighted by molar-refractivity contribution is 0.109. The number of nitrogens with zero attached hydrogens (tertiary/aromatic N) is 7. The third kappa shape index (κ3) is 3.82. The number of likely N-dealkylation sites (N-methyl/N-ethyl adjacent to an activating group) is 1. The molecule has 5 rings (SSSR count).